The van der Waals surface area contributed by atoms with Crippen LogP contribution in [0.3, 0.4) is 0 Å². The Morgan fingerprint density at radius 2 is 2.14 bits per heavy atom. The van der Waals surface area contributed by atoms with Crippen molar-refractivity contribution in [2.75, 3.05) is 12.8 Å². The molecule has 0 aliphatic heterocycles. The molecule has 0 fully saturated rings. The Morgan fingerprint density at radius 3 is 2.68 bits per heavy atom. The summed E-state index contributed by atoms with van der Waals surface area (Å²) in [5, 5.41) is 15.3. The van der Waals surface area contributed by atoms with Crippen molar-refractivity contribution >= 4 is 17.7 Å². The minimum Gasteiger partial charge on any atom is -0.416 e. The summed E-state index contributed by atoms with van der Waals surface area (Å²) in [6.45, 7) is 8.52. The SMILES string of the molecule is Cc1nnc(SCC(=O)N(C)Cc2cc(C(C)(C)C)n[nH]2)o1. The van der Waals surface area contributed by atoms with E-state index >= 15 is 0 Å². The van der Waals surface area contributed by atoms with Crippen LogP contribution in [0.25, 0.3) is 0 Å². The number of carbonyl (C=O) groups excluding carboxylic acids is 1. The number of thioether (sulfide) groups is 1. The zero-order chi connectivity index (χ0) is 16.3. The van der Waals surface area contributed by atoms with Gasteiger partial charge in [-0.05, 0) is 6.07 Å². The van der Waals surface area contributed by atoms with Gasteiger partial charge in [0.05, 0.1) is 23.7 Å². The van der Waals surface area contributed by atoms with Gasteiger partial charge in [0.15, 0.2) is 0 Å². The minimum absolute atomic E-state index is 0.00670. The van der Waals surface area contributed by atoms with Gasteiger partial charge in [-0.15, -0.1) is 10.2 Å². The second-order valence-electron chi connectivity index (χ2n) is 6.15. The maximum Gasteiger partial charge on any atom is 0.277 e. The van der Waals surface area contributed by atoms with E-state index in [9.17, 15) is 4.79 Å². The number of nitrogens with zero attached hydrogens (tertiary/aromatic N) is 4. The summed E-state index contributed by atoms with van der Waals surface area (Å²) >= 11 is 1.24. The summed E-state index contributed by atoms with van der Waals surface area (Å²) in [6.07, 6.45) is 0. The van der Waals surface area contributed by atoms with Gasteiger partial charge in [0.25, 0.3) is 5.22 Å². The number of carbonyl (C=O) groups is 1. The first-order valence-corrected chi connectivity index (χ1v) is 7.96. The molecule has 2 aromatic rings. The van der Waals surface area contributed by atoms with E-state index < -0.39 is 0 Å². The molecule has 0 bridgehead atoms. The predicted octanol–water partition coefficient (Wildman–Crippen LogP) is 2.15. The minimum atomic E-state index is -0.0109. The highest BCUT2D eigenvalue weighted by Crippen LogP contribution is 2.21. The highest BCUT2D eigenvalue weighted by atomic mass is 32.2. The molecule has 0 unspecified atom stereocenters. The first kappa shape index (κ1) is 16.5. The Bertz CT molecular complexity index is 644. The number of H-pyrrole nitrogens is 1. The molecule has 0 spiro atoms. The van der Waals surface area contributed by atoms with Gasteiger partial charge in [0.1, 0.15) is 0 Å². The number of aryl methyl sites for hydroxylation is 1. The van der Waals surface area contributed by atoms with Crippen molar-refractivity contribution in [1.29, 1.82) is 0 Å². The normalized spacial score (nSPS) is 11.7. The average Bonchev–Trinajstić information content (AvgIpc) is 3.04. The van der Waals surface area contributed by atoms with Gasteiger partial charge in [-0.3, -0.25) is 9.89 Å². The number of hydrogen-bond donors (Lipinski definition) is 1. The lowest BCUT2D eigenvalue weighted by Gasteiger charge is -2.15. The fourth-order valence-corrected chi connectivity index (χ4v) is 2.49. The average molecular weight is 323 g/mol. The molecule has 2 aromatic heterocycles. The fraction of sp³-hybridized carbons (Fsp3) is 0.571. The van der Waals surface area contributed by atoms with Crippen LogP contribution in [0.1, 0.15) is 38.0 Å². The molecule has 0 aliphatic carbocycles. The smallest absolute Gasteiger partial charge is 0.277 e. The summed E-state index contributed by atoms with van der Waals surface area (Å²) in [7, 11) is 1.76. The molecule has 0 saturated carbocycles. The van der Waals surface area contributed by atoms with Crippen LogP contribution in [0.4, 0.5) is 0 Å². The van der Waals surface area contributed by atoms with Crippen molar-refractivity contribution in [3.8, 4) is 0 Å². The van der Waals surface area contributed by atoms with E-state index in [1.165, 1.54) is 11.8 Å². The second-order valence-corrected chi connectivity index (χ2v) is 7.08. The maximum absolute atomic E-state index is 12.1. The van der Waals surface area contributed by atoms with Gasteiger partial charge in [0, 0.05) is 19.4 Å². The number of aromatic nitrogens is 4. The Hall–Kier alpha value is -1.83. The summed E-state index contributed by atoms with van der Waals surface area (Å²) in [5.41, 5.74) is 1.89. The Labute approximate surface area is 133 Å². The zero-order valence-electron chi connectivity index (χ0n) is 13.5. The molecule has 0 radical (unpaired) electrons. The molecule has 0 atom stereocenters. The Kier molecular flexibility index (Phi) is 4.90. The van der Waals surface area contributed by atoms with Crippen molar-refractivity contribution in [3.05, 3.63) is 23.3 Å². The van der Waals surface area contributed by atoms with Crippen molar-refractivity contribution in [1.82, 2.24) is 25.3 Å². The van der Waals surface area contributed by atoms with Gasteiger partial charge in [-0.2, -0.15) is 5.10 Å². The molecule has 120 valence electrons. The highest BCUT2D eigenvalue weighted by molar-refractivity contribution is 7.99. The monoisotopic (exact) mass is 323 g/mol. The van der Waals surface area contributed by atoms with Crippen molar-refractivity contribution < 1.29 is 9.21 Å². The lowest BCUT2D eigenvalue weighted by Crippen LogP contribution is -2.28. The highest BCUT2D eigenvalue weighted by Gasteiger charge is 2.19. The Balaban J connectivity index is 1.87. The quantitative estimate of drug-likeness (QED) is 0.848. The molecule has 0 aliphatic rings. The van der Waals surface area contributed by atoms with Crippen molar-refractivity contribution in [2.45, 2.75) is 44.9 Å². The first-order chi connectivity index (χ1) is 10.3. The number of rotatable bonds is 5. The standard InChI is InChI=1S/C14H21N5O2S/c1-9-15-18-13(21-9)22-8-12(20)19(5)7-10-6-11(17-16-10)14(2,3)4/h6H,7-8H2,1-5H3,(H,16,17). The van der Waals surface area contributed by atoms with Crippen LogP contribution in [0.15, 0.2) is 15.7 Å². The number of nitrogens with one attached hydrogen (secondary N) is 1. The van der Waals surface area contributed by atoms with E-state index in [0.29, 0.717) is 17.7 Å². The van der Waals surface area contributed by atoms with Crippen LogP contribution in [0.5, 0.6) is 0 Å². The molecule has 1 N–H and O–H groups in total. The molecule has 1 amide bonds. The van der Waals surface area contributed by atoms with E-state index in [1.54, 1.807) is 18.9 Å². The van der Waals surface area contributed by atoms with Crippen LogP contribution in [0.2, 0.25) is 0 Å². The number of aromatic amines is 1. The molecule has 0 aromatic carbocycles. The Morgan fingerprint density at radius 1 is 1.41 bits per heavy atom. The number of amides is 1. The lowest BCUT2D eigenvalue weighted by atomic mass is 9.92. The fourth-order valence-electron chi connectivity index (χ4n) is 1.74. The van der Waals surface area contributed by atoms with E-state index in [2.05, 4.69) is 41.2 Å². The zero-order valence-corrected chi connectivity index (χ0v) is 14.3. The van der Waals surface area contributed by atoms with Crippen LogP contribution in [0, 0.1) is 6.92 Å². The summed E-state index contributed by atoms with van der Waals surface area (Å²) in [6, 6.07) is 2.00. The molecule has 2 rings (SSSR count). The topological polar surface area (TPSA) is 87.9 Å². The molecule has 0 saturated heterocycles. The predicted molar refractivity (Wildman–Crippen MR) is 83.5 cm³/mol. The van der Waals surface area contributed by atoms with Gasteiger partial charge >= 0.3 is 0 Å². The second kappa shape index (κ2) is 6.51. The van der Waals surface area contributed by atoms with Crippen LogP contribution >= 0.6 is 11.8 Å². The van der Waals surface area contributed by atoms with Crippen LogP contribution in [-0.2, 0) is 16.8 Å². The lowest BCUT2D eigenvalue weighted by molar-refractivity contribution is -0.127. The summed E-state index contributed by atoms with van der Waals surface area (Å²) in [4.78, 5) is 13.8. The molecule has 22 heavy (non-hydrogen) atoms. The van der Waals surface area contributed by atoms with E-state index in [1.807, 2.05) is 6.07 Å². The van der Waals surface area contributed by atoms with E-state index in [-0.39, 0.29) is 17.1 Å². The van der Waals surface area contributed by atoms with Gasteiger partial charge in [-0.1, -0.05) is 32.5 Å². The van der Waals surface area contributed by atoms with E-state index in [4.69, 9.17) is 4.42 Å². The third-order valence-electron chi connectivity index (χ3n) is 3.06. The van der Waals surface area contributed by atoms with Crippen molar-refractivity contribution in [3.63, 3.8) is 0 Å². The molecule has 2 heterocycles. The molecular weight excluding hydrogens is 302 g/mol. The molecule has 8 heteroatoms. The first-order valence-electron chi connectivity index (χ1n) is 6.97. The van der Waals surface area contributed by atoms with Crippen molar-refractivity contribution in [2.24, 2.45) is 0 Å². The van der Waals surface area contributed by atoms with E-state index in [0.717, 1.165) is 11.4 Å². The van der Waals surface area contributed by atoms with Gasteiger partial charge in [0.2, 0.25) is 11.8 Å². The van der Waals surface area contributed by atoms with Gasteiger partial charge < -0.3 is 9.32 Å². The molecular formula is C14H21N5O2S. The molecule has 7 nitrogen and oxygen atoms in total. The summed E-state index contributed by atoms with van der Waals surface area (Å²) < 4.78 is 5.23. The summed E-state index contributed by atoms with van der Waals surface area (Å²) in [5.74, 6) is 0.751. The van der Waals surface area contributed by atoms with Gasteiger partial charge in [-0.25, -0.2) is 0 Å². The third-order valence-corrected chi connectivity index (χ3v) is 3.86. The maximum atomic E-state index is 12.1. The van der Waals surface area contributed by atoms with Crippen LogP contribution in [-0.4, -0.2) is 44.0 Å². The third kappa shape index (κ3) is 4.33. The van der Waals surface area contributed by atoms with Crippen LogP contribution < -0.4 is 0 Å². The number of hydrogen-bond acceptors (Lipinski definition) is 6. The largest absolute Gasteiger partial charge is 0.416 e.